The van der Waals surface area contributed by atoms with Gasteiger partial charge in [-0.05, 0) is 42.7 Å². The van der Waals surface area contributed by atoms with Gasteiger partial charge in [0.1, 0.15) is 6.61 Å². The number of benzene rings is 1. The van der Waals surface area contributed by atoms with Crippen molar-refractivity contribution in [1.29, 1.82) is 0 Å². The van der Waals surface area contributed by atoms with Gasteiger partial charge in [-0.1, -0.05) is 13.8 Å². The van der Waals surface area contributed by atoms with Crippen LogP contribution in [0.2, 0.25) is 0 Å². The highest BCUT2D eigenvalue weighted by Crippen LogP contribution is 2.40. The highest BCUT2D eigenvalue weighted by Gasteiger charge is 2.45. The summed E-state index contributed by atoms with van der Waals surface area (Å²) in [6, 6.07) is 7.79. The number of hydrogen-bond acceptors (Lipinski definition) is 6. The highest BCUT2D eigenvalue weighted by atomic mass is 16.6. The van der Waals surface area contributed by atoms with Gasteiger partial charge in [-0.3, -0.25) is 4.79 Å². The minimum Gasteiger partial charge on any atom is -0.458 e. The largest absolute Gasteiger partial charge is 0.458 e. The number of anilines is 1. The Kier molecular flexibility index (Phi) is 4.02. The summed E-state index contributed by atoms with van der Waals surface area (Å²) in [4.78, 5) is 30.5. The molecule has 0 saturated carbocycles. The van der Waals surface area contributed by atoms with Crippen LogP contribution in [0.1, 0.15) is 42.5 Å². The number of cyclic esters (lactones) is 1. The topological polar surface area (TPSA) is 93.5 Å². The summed E-state index contributed by atoms with van der Waals surface area (Å²) in [6.45, 7) is 4.11. The van der Waals surface area contributed by atoms with E-state index in [0.717, 1.165) is 39.8 Å². The number of nitrogens with zero attached hydrogens (tertiary/aromatic N) is 2. The molecule has 0 aliphatic carbocycles. The van der Waals surface area contributed by atoms with Gasteiger partial charge < -0.3 is 19.7 Å². The van der Waals surface area contributed by atoms with Gasteiger partial charge in [0.25, 0.3) is 5.56 Å². The Morgan fingerprint density at radius 2 is 2.03 bits per heavy atom. The number of esters is 1. The number of carbonyl (C=O) groups excluding carboxylic acids is 1. The summed E-state index contributed by atoms with van der Waals surface area (Å²) in [5, 5.41) is 15.2. The molecule has 0 radical (unpaired) electrons. The first-order valence-electron chi connectivity index (χ1n) is 10.2. The van der Waals surface area contributed by atoms with Crippen molar-refractivity contribution in [2.75, 3.05) is 12.4 Å². The summed E-state index contributed by atoms with van der Waals surface area (Å²) < 4.78 is 6.82. The van der Waals surface area contributed by atoms with Crippen LogP contribution in [0.4, 0.5) is 5.69 Å². The first-order chi connectivity index (χ1) is 14.4. The van der Waals surface area contributed by atoms with Crippen molar-refractivity contribution in [3.05, 3.63) is 56.9 Å². The van der Waals surface area contributed by atoms with Crippen LogP contribution in [0.3, 0.4) is 0 Å². The quantitative estimate of drug-likeness (QED) is 0.509. The predicted octanol–water partition coefficient (Wildman–Crippen LogP) is 2.68. The van der Waals surface area contributed by atoms with Crippen LogP contribution in [0, 0.1) is 0 Å². The van der Waals surface area contributed by atoms with Gasteiger partial charge in [0.15, 0.2) is 5.60 Å². The molecule has 4 heterocycles. The number of hydrogen-bond donors (Lipinski definition) is 2. The van der Waals surface area contributed by atoms with Crippen LogP contribution in [-0.2, 0) is 34.7 Å². The molecule has 2 aromatic heterocycles. The van der Waals surface area contributed by atoms with E-state index in [2.05, 4.69) is 18.3 Å². The third-order valence-corrected chi connectivity index (χ3v) is 6.45. The van der Waals surface area contributed by atoms with Crippen molar-refractivity contribution < 1.29 is 14.6 Å². The third kappa shape index (κ3) is 2.32. The van der Waals surface area contributed by atoms with E-state index in [1.807, 2.05) is 19.2 Å². The predicted molar refractivity (Wildman–Crippen MR) is 113 cm³/mol. The van der Waals surface area contributed by atoms with Crippen molar-refractivity contribution >= 4 is 22.6 Å². The number of aliphatic hydroxyl groups is 1. The molecule has 0 bridgehead atoms. The molecule has 2 N–H and O–H groups in total. The maximum atomic E-state index is 13.3. The molecule has 1 aromatic carbocycles. The van der Waals surface area contributed by atoms with Crippen LogP contribution >= 0.6 is 0 Å². The van der Waals surface area contributed by atoms with Crippen LogP contribution in [-0.4, -0.2) is 27.7 Å². The molecule has 1 atom stereocenters. The number of fused-ring (bicyclic) bond motifs is 5. The average molecular weight is 405 g/mol. The van der Waals surface area contributed by atoms with Gasteiger partial charge in [0, 0.05) is 29.2 Å². The molecular formula is C23H23N3O4. The van der Waals surface area contributed by atoms with Crippen molar-refractivity contribution in [2.24, 2.45) is 0 Å². The molecule has 30 heavy (non-hydrogen) atoms. The maximum absolute atomic E-state index is 13.3. The van der Waals surface area contributed by atoms with Crippen molar-refractivity contribution in [1.82, 2.24) is 9.55 Å². The van der Waals surface area contributed by atoms with Gasteiger partial charge in [-0.15, -0.1) is 0 Å². The number of aromatic nitrogens is 2. The van der Waals surface area contributed by atoms with Crippen molar-refractivity contribution in [2.45, 2.75) is 45.4 Å². The van der Waals surface area contributed by atoms with Crippen LogP contribution < -0.4 is 10.9 Å². The fourth-order valence-corrected chi connectivity index (χ4v) is 4.72. The van der Waals surface area contributed by atoms with Crippen LogP contribution in [0.5, 0.6) is 0 Å². The van der Waals surface area contributed by atoms with Crippen molar-refractivity contribution in [3.8, 4) is 11.4 Å². The number of rotatable bonds is 3. The van der Waals surface area contributed by atoms with E-state index < -0.39 is 11.6 Å². The Morgan fingerprint density at radius 1 is 1.23 bits per heavy atom. The maximum Gasteiger partial charge on any atom is 0.343 e. The number of nitrogens with one attached hydrogen (secondary N) is 1. The van der Waals surface area contributed by atoms with Gasteiger partial charge in [-0.2, -0.15) is 0 Å². The molecule has 0 fully saturated rings. The normalized spacial score (nSPS) is 19.3. The molecular weight excluding hydrogens is 382 g/mol. The lowest BCUT2D eigenvalue weighted by atomic mass is 9.86. The number of pyridine rings is 2. The van der Waals surface area contributed by atoms with E-state index in [4.69, 9.17) is 9.72 Å². The zero-order valence-corrected chi connectivity index (χ0v) is 17.2. The smallest absolute Gasteiger partial charge is 0.343 e. The Bertz CT molecular complexity index is 1290. The molecule has 0 saturated heterocycles. The fourth-order valence-electron chi connectivity index (χ4n) is 4.72. The zero-order chi connectivity index (χ0) is 21.2. The standard InChI is InChI=1S/C23H23N3O4/c1-4-13-14-8-12(24-3)6-7-18(14)25-20-15(13)10-26-19(20)9-17-16(21(26)27)11-30-22(28)23(17,29)5-2/h6-9,24,29H,4-5,10-11H2,1-3H3/t23-/m0/s1. The fraction of sp³-hybridized carbons (Fsp3) is 0.348. The molecule has 7 heteroatoms. The average Bonchev–Trinajstić information content (AvgIpc) is 3.13. The lowest BCUT2D eigenvalue weighted by Crippen LogP contribution is -2.44. The molecule has 5 rings (SSSR count). The minimum atomic E-state index is -1.81. The number of aryl methyl sites for hydroxylation is 1. The second-order valence-corrected chi connectivity index (χ2v) is 7.86. The van der Waals surface area contributed by atoms with E-state index in [-0.39, 0.29) is 18.6 Å². The van der Waals surface area contributed by atoms with E-state index >= 15 is 0 Å². The Morgan fingerprint density at radius 3 is 2.73 bits per heavy atom. The van der Waals surface area contributed by atoms with E-state index in [9.17, 15) is 14.7 Å². The van der Waals surface area contributed by atoms with E-state index in [1.165, 1.54) is 0 Å². The van der Waals surface area contributed by atoms with Gasteiger partial charge in [-0.25, -0.2) is 9.78 Å². The Balaban J connectivity index is 1.81. The van der Waals surface area contributed by atoms with Gasteiger partial charge >= 0.3 is 5.97 Å². The monoisotopic (exact) mass is 405 g/mol. The molecule has 0 amide bonds. The third-order valence-electron chi connectivity index (χ3n) is 6.45. The summed E-state index contributed by atoms with van der Waals surface area (Å²) in [6.07, 6.45) is 0.935. The minimum absolute atomic E-state index is 0.118. The summed E-state index contributed by atoms with van der Waals surface area (Å²) >= 11 is 0. The first-order valence-corrected chi connectivity index (χ1v) is 10.2. The van der Waals surface area contributed by atoms with Crippen LogP contribution in [0.15, 0.2) is 29.1 Å². The summed E-state index contributed by atoms with van der Waals surface area (Å²) in [5.41, 5.74) is 4.07. The zero-order valence-electron chi connectivity index (χ0n) is 17.2. The molecule has 0 unspecified atom stereocenters. The second kappa shape index (κ2) is 6.40. The Labute approximate surface area is 173 Å². The first kappa shape index (κ1) is 18.8. The van der Waals surface area contributed by atoms with Gasteiger partial charge in [0.2, 0.25) is 0 Å². The number of ether oxygens (including phenoxy) is 1. The van der Waals surface area contributed by atoms with E-state index in [0.29, 0.717) is 23.4 Å². The molecule has 7 nitrogen and oxygen atoms in total. The summed E-state index contributed by atoms with van der Waals surface area (Å²) in [5.74, 6) is -0.708. The SMILES string of the molecule is CCc1c2c(nc3ccc(NC)cc13)-c1cc3c(c(=O)n1C2)COC(=O)[C@]3(O)CC. The van der Waals surface area contributed by atoms with E-state index in [1.54, 1.807) is 17.6 Å². The number of carbonyl (C=O) groups is 1. The second-order valence-electron chi connectivity index (χ2n) is 7.86. The molecule has 3 aromatic rings. The van der Waals surface area contributed by atoms with Crippen molar-refractivity contribution in [3.63, 3.8) is 0 Å². The lowest BCUT2D eigenvalue weighted by molar-refractivity contribution is -0.172. The Hall–Kier alpha value is -3.19. The van der Waals surface area contributed by atoms with Gasteiger partial charge in [0.05, 0.1) is 29.0 Å². The summed E-state index contributed by atoms with van der Waals surface area (Å²) in [7, 11) is 1.88. The molecule has 0 spiro atoms. The molecule has 2 aliphatic heterocycles. The van der Waals surface area contributed by atoms with Crippen LogP contribution in [0.25, 0.3) is 22.3 Å². The lowest BCUT2D eigenvalue weighted by Gasteiger charge is -2.31. The highest BCUT2D eigenvalue weighted by molar-refractivity contribution is 5.91. The molecule has 2 aliphatic rings. The molecule has 154 valence electrons.